The molecule has 21 heavy (non-hydrogen) atoms. The number of aromatic nitrogens is 1. The molecule has 1 fully saturated rings. The third-order valence-electron chi connectivity index (χ3n) is 4.76. The quantitative estimate of drug-likeness (QED) is 0.757. The maximum atomic E-state index is 12.4. The molecule has 1 aliphatic rings. The normalized spacial score (nSPS) is 22.3. The van der Waals surface area contributed by atoms with Crippen molar-refractivity contribution in [3.05, 3.63) is 30.0 Å². The SMILES string of the molecule is CC1CCCCC1CNC(=O)c1c[nH]c2ccc(N)cc12. The molecule has 2 atom stereocenters. The molecule has 2 aromatic rings. The molecular weight excluding hydrogens is 262 g/mol. The number of aromatic amines is 1. The summed E-state index contributed by atoms with van der Waals surface area (Å²) in [5.41, 5.74) is 8.12. The van der Waals surface area contributed by atoms with E-state index in [1.807, 2.05) is 18.2 Å². The monoisotopic (exact) mass is 285 g/mol. The lowest BCUT2D eigenvalue weighted by atomic mass is 9.80. The van der Waals surface area contributed by atoms with Gasteiger partial charge in [-0.15, -0.1) is 0 Å². The summed E-state index contributed by atoms with van der Waals surface area (Å²) in [5.74, 6) is 1.31. The first-order chi connectivity index (χ1) is 10.1. The second-order valence-corrected chi connectivity index (χ2v) is 6.24. The van der Waals surface area contributed by atoms with Crippen molar-refractivity contribution in [3.63, 3.8) is 0 Å². The van der Waals surface area contributed by atoms with Crippen molar-refractivity contribution in [1.29, 1.82) is 0 Å². The number of nitrogens with two attached hydrogens (primary N) is 1. The minimum atomic E-state index is -0.00961. The smallest absolute Gasteiger partial charge is 0.253 e. The molecule has 1 aromatic heterocycles. The largest absolute Gasteiger partial charge is 0.399 e. The fraction of sp³-hybridized carbons (Fsp3) is 0.471. The van der Waals surface area contributed by atoms with Crippen LogP contribution in [0.25, 0.3) is 10.9 Å². The van der Waals surface area contributed by atoms with E-state index in [1.54, 1.807) is 6.20 Å². The van der Waals surface area contributed by atoms with Gasteiger partial charge < -0.3 is 16.0 Å². The third-order valence-corrected chi connectivity index (χ3v) is 4.76. The van der Waals surface area contributed by atoms with Gasteiger partial charge in [0, 0.05) is 29.3 Å². The maximum Gasteiger partial charge on any atom is 0.253 e. The number of nitrogen functional groups attached to an aromatic ring is 1. The first kappa shape index (κ1) is 14.0. The lowest BCUT2D eigenvalue weighted by molar-refractivity contribution is 0.0938. The molecule has 4 nitrogen and oxygen atoms in total. The first-order valence-corrected chi connectivity index (χ1v) is 7.80. The van der Waals surface area contributed by atoms with Crippen LogP contribution < -0.4 is 11.1 Å². The van der Waals surface area contributed by atoms with E-state index in [0.717, 1.165) is 17.4 Å². The molecule has 0 spiro atoms. The molecule has 0 radical (unpaired) electrons. The van der Waals surface area contributed by atoms with Gasteiger partial charge in [0.15, 0.2) is 0 Å². The zero-order chi connectivity index (χ0) is 14.8. The first-order valence-electron chi connectivity index (χ1n) is 7.80. The number of nitrogens with one attached hydrogen (secondary N) is 2. The summed E-state index contributed by atoms with van der Waals surface area (Å²) in [6, 6.07) is 5.60. The molecule has 2 unspecified atom stereocenters. The highest BCUT2D eigenvalue weighted by Crippen LogP contribution is 2.29. The Balaban J connectivity index is 1.70. The Hall–Kier alpha value is -1.97. The minimum absolute atomic E-state index is 0.00961. The van der Waals surface area contributed by atoms with E-state index in [4.69, 9.17) is 5.73 Å². The van der Waals surface area contributed by atoms with E-state index in [1.165, 1.54) is 25.7 Å². The average molecular weight is 285 g/mol. The minimum Gasteiger partial charge on any atom is -0.399 e. The molecule has 4 heteroatoms. The number of hydrogen-bond acceptors (Lipinski definition) is 2. The van der Waals surface area contributed by atoms with Gasteiger partial charge >= 0.3 is 0 Å². The van der Waals surface area contributed by atoms with E-state index in [9.17, 15) is 4.79 Å². The zero-order valence-corrected chi connectivity index (χ0v) is 12.5. The summed E-state index contributed by atoms with van der Waals surface area (Å²) in [7, 11) is 0. The van der Waals surface area contributed by atoms with Gasteiger partial charge in [-0.2, -0.15) is 0 Å². The lowest BCUT2D eigenvalue weighted by Gasteiger charge is -2.28. The standard InChI is InChI=1S/C17H23N3O/c1-11-4-2-3-5-12(11)9-20-17(21)15-10-19-16-7-6-13(18)8-14(15)16/h6-8,10-12,19H,2-5,9,18H2,1H3,(H,20,21). The molecule has 0 bridgehead atoms. The highest BCUT2D eigenvalue weighted by Gasteiger charge is 2.22. The van der Waals surface area contributed by atoms with Gasteiger partial charge in [-0.05, 0) is 36.5 Å². The number of benzene rings is 1. The van der Waals surface area contributed by atoms with Crippen LogP contribution in [0.2, 0.25) is 0 Å². The molecule has 3 rings (SSSR count). The van der Waals surface area contributed by atoms with Crippen LogP contribution in [-0.2, 0) is 0 Å². The third kappa shape index (κ3) is 2.89. The predicted octanol–water partition coefficient (Wildman–Crippen LogP) is 3.31. The van der Waals surface area contributed by atoms with Crippen LogP contribution in [0.1, 0.15) is 43.0 Å². The van der Waals surface area contributed by atoms with Crippen LogP contribution in [0, 0.1) is 11.8 Å². The number of anilines is 1. The Morgan fingerprint density at radius 2 is 2.19 bits per heavy atom. The summed E-state index contributed by atoms with van der Waals surface area (Å²) >= 11 is 0. The topological polar surface area (TPSA) is 70.9 Å². The van der Waals surface area contributed by atoms with Gasteiger partial charge in [-0.1, -0.05) is 26.2 Å². The van der Waals surface area contributed by atoms with Crippen molar-refractivity contribution in [2.24, 2.45) is 11.8 Å². The van der Waals surface area contributed by atoms with Gasteiger partial charge in [0.25, 0.3) is 5.91 Å². The second kappa shape index (κ2) is 5.80. The van der Waals surface area contributed by atoms with E-state index >= 15 is 0 Å². The molecule has 1 saturated carbocycles. The molecule has 112 valence electrons. The number of amides is 1. The Morgan fingerprint density at radius 3 is 3.00 bits per heavy atom. The zero-order valence-electron chi connectivity index (χ0n) is 12.5. The number of fused-ring (bicyclic) bond motifs is 1. The van der Waals surface area contributed by atoms with Crippen LogP contribution in [0.3, 0.4) is 0 Å². The summed E-state index contributed by atoms with van der Waals surface area (Å²) in [6.45, 7) is 3.07. The van der Waals surface area contributed by atoms with Crippen LogP contribution in [0.5, 0.6) is 0 Å². The summed E-state index contributed by atoms with van der Waals surface area (Å²) < 4.78 is 0. The predicted molar refractivity (Wildman–Crippen MR) is 86.2 cm³/mol. The van der Waals surface area contributed by atoms with Gasteiger partial charge in [0.1, 0.15) is 0 Å². The highest BCUT2D eigenvalue weighted by molar-refractivity contribution is 6.07. The van der Waals surface area contributed by atoms with E-state index < -0.39 is 0 Å². The van der Waals surface area contributed by atoms with Gasteiger partial charge in [0.05, 0.1) is 5.56 Å². The van der Waals surface area contributed by atoms with Crippen molar-refractivity contribution in [3.8, 4) is 0 Å². The maximum absolute atomic E-state index is 12.4. The fourth-order valence-electron chi connectivity index (χ4n) is 3.34. The van der Waals surface area contributed by atoms with E-state index in [-0.39, 0.29) is 5.91 Å². The van der Waals surface area contributed by atoms with Gasteiger partial charge in [-0.3, -0.25) is 4.79 Å². The highest BCUT2D eigenvalue weighted by atomic mass is 16.1. The van der Waals surface area contributed by atoms with Crippen LogP contribution in [0.15, 0.2) is 24.4 Å². The van der Waals surface area contributed by atoms with Crippen LogP contribution >= 0.6 is 0 Å². The second-order valence-electron chi connectivity index (χ2n) is 6.24. The van der Waals surface area contributed by atoms with Crippen molar-refractivity contribution in [2.75, 3.05) is 12.3 Å². The number of hydrogen-bond donors (Lipinski definition) is 3. The Kier molecular flexibility index (Phi) is 3.86. The van der Waals surface area contributed by atoms with Crippen LogP contribution in [-0.4, -0.2) is 17.4 Å². The Bertz CT molecular complexity index is 647. The summed E-state index contributed by atoms with van der Waals surface area (Å²) in [4.78, 5) is 15.5. The molecule has 0 aliphatic heterocycles. The van der Waals surface area contributed by atoms with E-state index in [2.05, 4.69) is 17.2 Å². The van der Waals surface area contributed by atoms with Crippen molar-refractivity contribution in [2.45, 2.75) is 32.6 Å². The van der Waals surface area contributed by atoms with Crippen LogP contribution in [0.4, 0.5) is 5.69 Å². The molecule has 1 aromatic carbocycles. The van der Waals surface area contributed by atoms with Crippen molar-refractivity contribution in [1.82, 2.24) is 10.3 Å². The van der Waals surface area contributed by atoms with Crippen molar-refractivity contribution < 1.29 is 4.79 Å². The Morgan fingerprint density at radius 1 is 1.38 bits per heavy atom. The van der Waals surface area contributed by atoms with Gasteiger partial charge in [0.2, 0.25) is 0 Å². The summed E-state index contributed by atoms with van der Waals surface area (Å²) in [6.07, 6.45) is 6.89. The fourth-order valence-corrected chi connectivity index (χ4v) is 3.34. The molecule has 1 aliphatic carbocycles. The molecule has 1 amide bonds. The van der Waals surface area contributed by atoms with Crippen molar-refractivity contribution >= 4 is 22.5 Å². The molecular formula is C17H23N3O. The average Bonchev–Trinajstić information content (AvgIpc) is 2.89. The molecule has 4 N–H and O–H groups in total. The van der Waals surface area contributed by atoms with E-state index in [0.29, 0.717) is 23.1 Å². The number of carbonyl (C=O) groups excluding carboxylic acids is 1. The molecule has 1 heterocycles. The number of rotatable bonds is 3. The summed E-state index contributed by atoms with van der Waals surface area (Å²) in [5, 5.41) is 3.99. The lowest BCUT2D eigenvalue weighted by Crippen LogP contribution is -2.33. The Labute approximate surface area is 125 Å². The van der Waals surface area contributed by atoms with Gasteiger partial charge in [-0.25, -0.2) is 0 Å². The number of carbonyl (C=O) groups is 1. The number of H-pyrrole nitrogens is 1. The molecule has 0 saturated heterocycles.